The second-order valence-electron chi connectivity index (χ2n) is 16.0. The highest BCUT2D eigenvalue weighted by Crippen LogP contribution is 2.59. The number of benzene rings is 5. The number of anilines is 2. The van der Waals surface area contributed by atoms with Crippen molar-refractivity contribution in [3.05, 3.63) is 151 Å². The van der Waals surface area contributed by atoms with Crippen molar-refractivity contribution >= 4 is 57.2 Å². The number of oxazole rings is 2. The molecule has 0 bridgehead atoms. The van der Waals surface area contributed by atoms with E-state index in [2.05, 4.69) is 16.5 Å². The van der Waals surface area contributed by atoms with Crippen LogP contribution in [-0.2, 0) is 25.6 Å². The number of carbonyl (C=O) groups is 4. The third kappa shape index (κ3) is 5.35. The molecule has 0 radical (unpaired) electrons. The number of carbonyl (C=O) groups excluding carboxylic acids is 4. The van der Waals surface area contributed by atoms with Gasteiger partial charge in [-0.3, -0.25) is 29.0 Å². The van der Waals surface area contributed by atoms with Crippen LogP contribution in [0.15, 0.2) is 148 Å². The average Bonchev–Trinajstić information content (AvgIpc) is 4.03. The van der Waals surface area contributed by atoms with Crippen LogP contribution in [0.2, 0.25) is 0 Å². The summed E-state index contributed by atoms with van der Waals surface area (Å²) in [7, 11) is 0. The normalized spacial score (nSPS) is 23.6. The number of allylic oxidation sites excluding steroid dienone is 3. The van der Waals surface area contributed by atoms with E-state index in [9.17, 15) is 24.3 Å². The third-order valence-electron chi connectivity index (χ3n) is 12.8. The van der Waals surface area contributed by atoms with Gasteiger partial charge in [0, 0.05) is 22.6 Å². The molecule has 2 aromatic heterocycles. The van der Waals surface area contributed by atoms with Gasteiger partial charge in [0.1, 0.15) is 16.8 Å². The number of phenols is 1. The zero-order valence-electron chi connectivity index (χ0n) is 32.1. The molecule has 11 rings (SSSR count). The quantitative estimate of drug-likeness (QED) is 0.124. The first-order valence-electron chi connectivity index (χ1n) is 20.1. The maximum absolute atomic E-state index is 14.8. The number of hydrogen-bond donors (Lipinski definition) is 1. The molecule has 2 aliphatic heterocycles. The number of aromatic hydroxyl groups is 1. The van der Waals surface area contributed by atoms with Gasteiger partial charge in [0.2, 0.25) is 35.4 Å². The fraction of sp³-hybridized carbons (Fsp3) is 0.184. The summed E-state index contributed by atoms with van der Waals surface area (Å²) < 4.78 is 11.9. The van der Waals surface area contributed by atoms with E-state index in [-0.39, 0.29) is 42.2 Å². The number of hydrogen-bond acceptors (Lipinski definition) is 9. The summed E-state index contributed by atoms with van der Waals surface area (Å²) >= 11 is 0. The van der Waals surface area contributed by atoms with Gasteiger partial charge in [0.05, 0.1) is 35.0 Å². The average molecular weight is 793 g/mol. The smallest absolute Gasteiger partial charge is 0.238 e. The molecule has 2 saturated heterocycles. The van der Waals surface area contributed by atoms with Crippen LogP contribution in [0, 0.1) is 29.6 Å². The summed E-state index contributed by atoms with van der Waals surface area (Å²) in [4.78, 5) is 70.0. The standard InChI is InChI=1S/C49H36N4O7/c1-2-8-26-9-7-10-32(43(26)54)40-31-23-24-33-41(48(57)52(46(33)55)29-19-15-27(16-20-29)44-50-36-11-3-5-13-38(36)59-44)34(31)25-35-42(40)49(58)53(47(35)56)30-21-17-28(18-22-30)45-51-37-12-4-6-14-39(37)60-45/h2-7,9-23,33-35,40-42,54H,1,8,24-25H2/t33-,34+,35+,40+,41-,42+/m0/s1. The summed E-state index contributed by atoms with van der Waals surface area (Å²) in [5.41, 5.74) is 6.91. The van der Waals surface area contributed by atoms with E-state index < -0.39 is 35.5 Å². The largest absolute Gasteiger partial charge is 0.507 e. The molecule has 11 nitrogen and oxygen atoms in total. The van der Waals surface area contributed by atoms with E-state index in [0.29, 0.717) is 63.0 Å². The Kier molecular flexibility index (Phi) is 8.09. The minimum Gasteiger partial charge on any atom is -0.507 e. The molecule has 1 N–H and O–H groups in total. The topological polar surface area (TPSA) is 147 Å². The Morgan fingerprint density at radius 2 is 1.18 bits per heavy atom. The SMILES string of the molecule is C=CCc1cccc([C@H]2C3=CC[C@@H]4C(=O)N(c5ccc(-c6nc7ccccc7o6)cc5)C(=O)[C@@H]4[C@@H]3C[C@H]3C(=O)N(c4ccc(-c5nc6ccccc6o5)cc4)C(=O)[C@@H]23)c1O. The van der Waals surface area contributed by atoms with Crippen LogP contribution in [-0.4, -0.2) is 38.7 Å². The summed E-state index contributed by atoms with van der Waals surface area (Å²) in [6.45, 7) is 3.85. The van der Waals surface area contributed by atoms with Crippen molar-refractivity contribution in [3.8, 4) is 28.7 Å². The molecule has 294 valence electrons. The molecular formula is C49H36N4O7. The van der Waals surface area contributed by atoms with Crippen LogP contribution in [0.1, 0.15) is 29.9 Å². The minimum atomic E-state index is -0.846. The lowest BCUT2D eigenvalue weighted by atomic mass is 9.57. The number of para-hydroxylation sites is 5. The molecule has 6 atom stereocenters. The van der Waals surface area contributed by atoms with Gasteiger partial charge in [-0.2, -0.15) is 0 Å². The molecule has 4 amide bonds. The molecule has 11 heteroatoms. The second-order valence-corrected chi connectivity index (χ2v) is 16.0. The van der Waals surface area contributed by atoms with Crippen molar-refractivity contribution in [1.29, 1.82) is 0 Å². The van der Waals surface area contributed by atoms with Crippen molar-refractivity contribution in [1.82, 2.24) is 9.97 Å². The van der Waals surface area contributed by atoms with Gasteiger partial charge in [0.25, 0.3) is 0 Å². The molecule has 60 heavy (non-hydrogen) atoms. The van der Waals surface area contributed by atoms with E-state index in [1.165, 1.54) is 9.80 Å². The lowest BCUT2D eigenvalue weighted by molar-refractivity contribution is -0.126. The summed E-state index contributed by atoms with van der Waals surface area (Å²) in [6.07, 6.45) is 4.55. The van der Waals surface area contributed by atoms with Crippen LogP contribution < -0.4 is 9.80 Å². The summed E-state index contributed by atoms with van der Waals surface area (Å²) in [5.74, 6) is -4.85. The van der Waals surface area contributed by atoms with E-state index >= 15 is 0 Å². The number of amides is 4. The number of phenolic OH excluding ortho intramolecular Hbond substituents is 1. The zero-order valence-corrected chi connectivity index (χ0v) is 32.1. The number of fused-ring (bicyclic) bond motifs is 6. The number of imide groups is 2. The van der Waals surface area contributed by atoms with Crippen molar-refractivity contribution in [3.63, 3.8) is 0 Å². The highest BCUT2D eigenvalue weighted by Gasteiger charge is 2.62. The summed E-state index contributed by atoms with van der Waals surface area (Å²) in [5, 5.41) is 11.8. The Hall–Kier alpha value is -7.40. The van der Waals surface area contributed by atoms with Gasteiger partial charge in [-0.15, -0.1) is 6.58 Å². The molecule has 5 aromatic carbocycles. The predicted octanol–water partition coefficient (Wildman–Crippen LogP) is 8.78. The van der Waals surface area contributed by atoms with Crippen molar-refractivity contribution in [2.24, 2.45) is 29.6 Å². The Bertz CT molecular complexity index is 2910. The fourth-order valence-corrected chi connectivity index (χ4v) is 10.1. The van der Waals surface area contributed by atoms with Crippen LogP contribution in [0.25, 0.3) is 45.1 Å². The van der Waals surface area contributed by atoms with Crippen molar-refractivity contribution < 1.29 is 33.1 Å². The maximum Gasteiger partial charge on any atom is 0.238 e. The van der Waals surface area contributed by atoms with Gasteiger partial charge in [-0.1, -0.05) is 60.2 Å². The Balaban J connectivity index is 0.943. The highest BCUT2D eigenvalue weighted by molar-refractivity contribution is 6.24. The second kappa shape index (κ2) is 13.6. The van der Waals surface area contributed by atoms with Gasteiger partial charge >= 0.3 is 0 Å². The van der Waals surface area contributed by atoms with Crippen LogP contribution >= 0.6 is 0 Å². The maximum atomic E-state index is 14.8. The molecule has 1 saturated carbocycles. The van der Waals surface area contributed by atoms with Gasteiger partial charge < -0.3 is 13.9 Å². The Morgan fingerprint density at radius 1 is 0.633 bits per heavy atom. The fourth-order valence-electron chi connectivity index (χ4n) is 10.1. The molecule has 3 fully saturated rings. The molecule has 4 heterocycles. The lowest BCUT2D eigenvalue weighted by Gasteiger charge is -2.44. The monoisotopic (exact) mass is 792 g/mol. The first-order valence-corrected chi connectivity index (χ1v) is 20.1. The molecule has 2 aliphatic carbocycles. The first kappa shape index (κ1) is 35.7. The van der Waals surface area contributed by atoms with E-state index in [4.69, 9.17) is 8.83 Å². The third-order valence-corrected chi connectivity index (χ3v) is 12.8. The van der Waals surface area contributed by atoms with Crippen LogP contribution in [0.3, 0.4) is 0 Å². The Labute approximate surface area is 343 Å². The van der Waals surface area contributed by atoms with E-state index in [0.717, 1.165) is 16.6 Å². The summed E-state index contributed by atoms with van der Waals surface area (Å²) in [6, 6.07) is 34.3. The van der Waals surface area contributed by atoms with Gasteiger partial charge in [-0.05, 0) is 104 Å². The molecular weight excluding hydrogens is 757 g/mol. The number of aromatic nitrogens is 2. The van der Waals surface area contributed by atoms with Gasteiger partial charge in [0.15, 0.2) is 11.2 Å². The molecule has 0 unspecified atom stereocenters. The minimum absolute atomic E-state index is 0.0284. The predicted molar refractivity (Wildman–Crippen MR) is 223 cm³/mol. The number of nitrogens with zero attached hydrogens (tertiary/aromatic N) is 4. The highest BCUT2D eigenvalue weighted by atomic mass is 16.4. The first-order chi connectivity index (χ1) is 29.3. The molecule has 7 aromatic rings. The Morgan fingerprint density at radius 3 is 1.75 bits per heavy atom. The number of rotatable bonds is 7. The molecule has 4 aliphatic rings. The van der Waals surface area contributed by atoms with Crippen LogP contribution in [0.5, 0.6) is 5.75 Å². The van der Waals surface area contributed by atoms with E-state index in [1.54, 1.807) is 60.7 Å². The van der Waals surface area contributed by atoms with E-state index in [1.807, 2.05) is 66.7 Å². The van der Waals surface area contributed by atoms with Crippen molar-refractivity contribution in [2.75, 3.05) is 9.80 Å². The lowest BCUT2D eigenvalue weighted by Crippen LogP contribution is -2.43. The van der Waals surface area contributed by atoms with Gasteiger partial charge in [-0.25, -0.2) is 9.97 Å². The van der Waals surface area contributed by atoms with Crippen molar-refractivity contribution in [2.45, 2.75) is 25.2 Å². The molecule has 0 spiro atoms. The van der Waals surface area contributed by atoms with Crippen LogP contribution in [0.4, 0.5) is 11.4 Å². The zero-order chi connectivity index (χ0) is 40.8.